The zero-order valence-corrected chi connectivity index (χ0v) is 20.9. The quantitative estimate of drug-likeness (QED) is 0.625. The number of carbonyl (C=O) groups is 1. The molecule has 184 valence electrons. The fourth-order valence-electron chi connectivity index (χ4n) is 5.10. The van der Waals surface area contributed by atoms with E-state index >= 15 is 0 Å². The summed E-state index contributed by atoms with van der Waals surface area (Å²) in [5, 5.41) is 4.93. The maximum absolute atomic E-state index is 13.5. The molecule has 1 atom stereocenters. The van der Waals surface area contributed by atoms with Crippen LogP contribution in [0.15, 0.2) is 23.1 Å². The number of hydrogen-bond donors (Lipinski definition) is 0. The Balaban J connectivity index is 1.54. The van der Waals surface area contributed by atoms with Crippen molar-refractivity contribution in [2.45, 2.75) is 48.8 Å². The van der Waals surface area contributed by atoms with Crippen molar-refractivity contribution in [1.82, 2.24) is 19.6 Å². The van der Waals surface area contributed by atoms with Crippen LogP contribution in [0.3, 0.4) is 0 Å². The predicted octanol–water partition coefficient (Wildman–Crippen LogP) is 3.09. The third-order valence-electron chi connectivity index (χ3n) is 6.97. The summed E-state index contributed by atoms with van der Waals surface area (Å²) in [7, 11) is 2.75. The van der Waals surface area contributed by atoms with Crippen molar-refractivity contribution in [1.29, 1.82) is 0 Å². The molecule has 1 saturated heterocycles. The van der Waals surface area contributed by atoms with Gasteiger partial charge in [-0.25, -0.2) is 0 Å². The third-order valence-corrected chi connectivity index (χ3v) is 8.35. The number of rotatable bonds is 6. The van der Waals surface area contributed by atoms with Gasteiger partial charge in [-0.2, -0.15) is 5.10 Å². The highest BCUT2D eigenvalue weighted by atomic mass is 32.2. The van der Waals surface area contributed by atoms with E-state index in [1.54, 1.807) is 0 Å². The van der Waals surface area contributed by atoms with E-state index in [1.165, 1.54) is 19.3 Å². The van der Waals surface area contributed by atoms with E-state index in [-0.39, 0.29) is 11.9 Å². The molecule has 3 aliphatic rings. The van der Waals surface area contributed by atoms with Crippen LogP contribution in [0.4, 0.5) is 0 Å². The number of nitrogens with zero attached hydrogens (tertiary/aromatic N) is 4. The van der Waals surface area contributed by atoms with E-state index in [2.05, 4.69) is 9.58 Å². The molecule has 8 nitrogen and oxygen atoms in total. The van der Waals surface area contributed by atoms with E-state index in [4.69, 9.17) is 14.6 Å². The Morgan fingerprint density at radius 2 is 1.97 bits per heavy atom. The lowest BCUT2D eigenvalue weighted by atomic mass is 9.95. The number of hydrogen-bond acceptors (Lipinski definition) is 6. The van der Waals surface area contributed by atoms with Crippen molar-refractivity contribution < 1.29 is 18.5 Å². The van der Waals surface area contributed by atoms with E-state index in [0.29, 0.717) is 44.4 Å². The maximum Gasteiger partial charge on any atom is 0.274 e. The van der Waals surface area contributed by atoms with Crippen LogP contribution in [-0.4, -0.2) is 83.2 Å². The van der Waals surface area contributed by atoms with Gasteiger partial charge in [-0.3, -0.25) is 13.7 Å². The summed E-state index contributed by atoms with van der Waals surface area (Å²) in [6, 6.07) is 6.12. The van der Waals surface area contributed by atoms with Gasteiger partial charge in [0.1, 0.15) is 12.4 Å². The lowest BCUT2D eigenvalue weighted by Crippen LogP contribution is -2.41. The minimum Gasteiger partial charge on any atom is -0.492 e. The molecule has 1 aromatic carbocycles. The van der Waals surface area contributed by atoms with Gasteiger partial charge in [0.05, 0.1) is 46.4 Å². The van der Waals surface area contributed by atoms with Crippen LogP contribution in [0.2, 0.25) is 0 Å². The Morgan fingerprint density at radius 1 is 1.21 bits per heavy atom. The molecule has 2 aromatic rings. The molecule has 1 aromatic heterocycles. The van der Waals surface area contributed by atoms with E-state index < -0.39 is 10.8 Å². The summed E-state index contributed by atoms with van der Waals surface area (Å²) >= 11 is 0. The first kappa shape index (κ1) is 23.5. The topological polar surface area (TPSA) is 76.9 Å². The SMILES string of the molecule is CN(C)CCOc1ccc2c(c1)S(=O)Cc1c(C(=O)N3CCOCC3)nn(C3CCCCC3)c1-2. The number of amides is 1. The Hall–Kier alpha value is -2.23. The summed E-state index contributed by atoms with van der Waals surface area (Å²) < 4.78 is 26.8. The molecule has 5 rings (SSSR count). The van der Waals surface area contributed by atoms with Gasteiger partial charge >= 0.3 is 0 Å². The molecule has 0 N–H and O–H groups in total. The minimum absolute atomic E-state index is 0.0711. The number of benzene rings is 1. The number of carbonyl (C=O) groups excluding carboxylic acids is 1. The van der Waals surface area contributed by atoms with Gasteiger partial charge in [0.2, 0.25) is 0 Å². The summed E-state index contributed by atoms with van der Waals surface area (Å²) in [5.74, 6) is 0.964. The number of likely N-dealkylation sites (N-methyl/N-ethyl adjacent to an activating group) is 1. The molecule has 2 aliphatic heterocycles. The maximum atomic E-state index is 13.5. The molecule has 34 heavy (non-hydrogen) atoms. The molecule has 9 heteroatoms. The molecule has 1 saturated carbocycles. The minimum atomic E-state index is -1.26. The molecule has 1 amide bonds. The molecule has 0 bridgehead atoms. The van der Waals surface area contributed by atoms with Crippen molar-refractivity contribution in [2.75, 3.05) is 53.6 Å². The number of morpholine rings is 1. The molecule has 2 fully saturated rings. The molecule has 3 heterocycles. The van der Waals surface area contributed by atoms with Crippen LogP contribution >= 0.6 is 0 Å². The highest BCUT2D eigenvalue weighted by molar-refractivity contribution is 7.84. The fourth-order valence-corrected chi connectivity index (χ4v) is 6.45. The van der Waals surface area contributed by atoms with Crippen LogP contribution in [0.1, 0.15) is 54.2 Å². The van der Waals surface area contributed by atoms with E-state index in [9.17, 15) is 9.00 Å². The summed E-state index contributed by atoms with van der Waals surface area (Å²) in [5.41, 5.74) is 3.18. The van der Waals surface area contributed by atoms with Crippen LogP contribution in [0, 0.1) is 0 Å². The smallest absolute Gasteiger partial charge is 0.274 e. The Bertz CT molecular complexity index is 1070. The van der Waals surface area contributed by atoms with Crippen molar-refractivity contribution >= 4 is 16.7 Å². The van der Waals surface area contributed by atoms with Crippen LogP contribution in [0.5, 0.6) is 5.75 Å². The molecule has 1 aliphatic carbocycles. The lowest BCUT2D eigenvalue weighted by molar-refractivity contribution is 0.0297. The number of aromatic nitrogens is 2. The molecular formula is C25H34N4O4S. The van der Waals surface area contributed by atoms with Crippen LogP contribution < -0.4 is 4.74 Å². The average molecular weight is 487 g/mol. The lowest BCUT2D eigenvalue weighted by Gasteiger charge is -2.26. The standard InChI is InChI=1S/C25H34N4O4S/c1-27(2)10-15-33-19-8-9-20-22(16-19)34(31)17-21-23(25(30)28-11-13-32-14-12-28)26-29(24(20)21)18-6-4-3-5-7-18/h8-9,16,18H,3-7,10-15,17H2,1-2H3. The fraction of sp³-hybridized carbons (Fsp3) is 0.600. The number of fused-ring (bicyclic) bond motifs is 3. The van der Waals surface area contributed by atoms with Gasteiger partial charge in [-0.1, -0.05) is 19.3 Å². The average Bonchev–Trinajstić information content (AvgIpc) is 3.24. The van der Waals surface area contributed by atoms with E-state index in [1.807, 2.05) is 37.2 Å². The molecule has 0 radical (unpaired) electrons. The first-order valence-corrected chi connectivity index (χ1v) is 13.6. The normalized spacial score (nSPS) is 20.8. The second-order valence-electron chi connectivity index (χ2n) is 9.62. The Labute approximate surface area is 203 Å². The van der Waals surface area contributed by atoms with Gasteiger partial charge in [0.15, 0.2) is 5.69 Å². The van der Waals surface area contributed by atoms with Gasteiger partial charge in [0.25, 0.3) is 5.91 Å². The molecule has 1 unspecified atom stereocenters. The largest absolute Gasteiger partial charge is 0.492 e. The molecular weight excluding hydrogens is 452 g/mol. The monoisotopic (exact) mass is 486 g/mol. The van der Waals surface area contributed by atoms with Crippen molar-refractivity contribution in [3.8, 4) is 17.0 Å². The van der Waals surface area contributed by atoms with Crippen molar-refractivity contribution in [3.05, 3.63) is 29.5 Å². The van der Waals surface area contributed by atoms with Crippen LogP contribution in [-0.2, 0) is 21.3 Å². The highest BCUT2D eigenvalue weighted by Gasteiger charge is 2.35. The predicted molar refractivity (Wildman–Crippen MR) is 131 cm³/mol. The first-order chi connectivity index (χ1) is 16.5. The first-order valence-electron chi connectivity index (χ1n) is 12.3. The van der Waals surface area contributed by atoms with Crippen molar-refractivity contribution in [2.24, 2.45) is 0 Å². The third kappa shape index (κ3) is 4.65. The van der Waals surface area contributed by atoms with Gasteiger partial charge in [-0.05, 0) is 45.1 Å². The zero-order chi connectivity index (χ0) is 23.7. The van der Waals surface area contributed by atoms with Crippen molar-refractivity contribution in [3.63, 3.8) is 0 Å². The summed E-state index contributed by atoms with van der Waals surface area (Å²) in [4.78, 5) is 18.1. The summed E-state index contributed by atoms with van der Waals surface area (Å²) in [6.45, 7) is 3.60. The second kappa shape index (κ2) is 10.2. The Kier molecular flexibility index (Phi) is 7.04. The van der Waals surface area contributed by atoms with Crippen LogP contribution in [0.25, 0.3) is 11.3 Å². The van der Waals surface area contributed by atoms with Gasteiger partial charge in [-0.15, -0.1) is 0 Å². The number of ether oxygens (including phenoxy) is 2. The van der Waals surface area contributed by atoms with E-state index in [0.717, 1.165) is 46.9 Å². The molecule has 0 spiro atoms. The van der Waals surface area contributed by atoms with Gasteiger partial charge in [0, 0.05) is 30.8 Å². The second-order valence-corrected chi connectivity index (χ2v) is 11.0. The van der Waals surface area contributed by atoms with Gasteiger partial charge < -0.3 is 19.3 Å². The summed E-state index contributed by atoms with van der Waals surface area (Å²) in [6.07, 6.45) is 5.70. The Morgan fingerprint density at radius 3 is 2.71 bits per heavy atom. The zero-order valence-electron chi connectivity index (χ0n) is 20.1. The highest BCUT2D eigenvalue weighted by Crippen LogP contribution is 2.42.